The van der Waals surface area contributed by atoms with Gasteiger partial charge in [0, 0.05) is 11.6 Å². The Bertz CT molecular complexity index is 870. The largest absolute Gasteiger partial charge is 0.508 e. The molecule has 0 aliphatic carbocycles. The highest BCUT2D eigenvalue weighted by molar-refractivity contribution is 5.92. The molecule has 3 atom stereocenters. The number of benzene rings is 1. The van der Waals surface area contributed by atoms with Crippen molar-refractivity contribution in [1.82, 2.24) is 15.5 Å². The van der Waals surface area contributed by atoms with Gasteiger partial charge in [0.1, 0.15) is 23.4 Å². The van der Waals surface area contributed by atoms with Crippen LogP contribution in [0.5, 0.6) is 5.75 Å². The van der Waals surface area contributed by atoms with E-state index in [9.17, 15) is 19.5 Å². The molecule has 8 heteroatoms. The Morgan fingerprint density at radius 3 is 2.11 bits per heavy atom. The highest BCUT2D eigenvalue weighted by Crippen LogP contribution is 2.29. The van der Waals surface area contributed by atoms with Gasteiger partial charge in [-0.15, -0.1) is 0 Å². The average Bonchev–Trinajstić information content (AvgIpc) is 2.67. The van der Waals surface area contributed by atoms with Crippen LogP contribution in [-0.4, -0.2) is 51.1 Å². The number of amides is 3. The van der Waals surface area contributed by atoms with E-state index in [1.54, 1.807) is 32.9 Å². The first-order valence-corrected chi connectivity index (χ1v) is 12.4. The SMILES string of the molecule is CCC(C)N(C(=O)C(CC(C)C)NC(=O)OC(C)(C)C)C(C(=O)NC(C)(C)C)c1cccc(O)c1. The monoisotopic (exact) mass is 491 g/mol. The van der Waals surface area contributed by atoms with Gasteiger partial charge in [-0.05, 0) is 84.9 Å². The van der Waals surface area contributed by atoms with Gasteiger partial charge in [-0.2, -0.15) is 0 Å². The maximum absolute atomic E-state index is 14.1. The number of rotatable bonds is 9. The van der Waals surface area contributed by atoms with Crippen LogP contribution in [0.3, 0.4) is 0 Å². The first kappa shape index (κ1) is 30.3. The summed E-state index contributed by atoms with van der Waals surface area (Å²) in [6.45, 7) is 18.6. The first-order chi connectivity index (χ1) is 15.9. The number of nitrogens with zero attached hydrogens (tertiary/aromatic N) is 1. The highest BCUT2D eigenvalue weighted by atomic mass is 16.6. The third-order valence-electron chi connectivity index (χ3n) is 5.23. The third-order valence-corrected chi connectivity index (χ3v) is 5.23. The lowest BCUT2D eigenvalue weighted by atomic mass is 9.96. The maximum Gasteiger partial charge on any atom is 0.408 e. The topological polar surface area (TPSA) is 108 Å². The zero-order valence-corrected chi connectivity index (χ0v) is 23.1. The van der Waals surface area contributed by atoms with E-state index in [0.29, 0.717) is 18.4 Å². The lowest BCUT2D eigenvalue weighted by molar-refractivity contribution is -0.146. The lowest BCUT2D eigenvalue weighted by Crippen LogP contribution is -2.57. The number of ether oxygens (including phenoxy) is 1. The molecule has 0 spiro atoms. The number of hydrogen-bond acceptors (Lipinski definition) is 5. The van der Waals surface area contributed by atoms with Gasteiger partial charge < -0.3 is 25.4 Å². The molecule has 3 unspecified atom stereocenters. The molecule has 3 amide bonds. The highest BCUT2D eigenvalue weighted by Gasteiger charge is 2.39. The Morgan fingerprint density at radius 2 is 1.66 bits per heavy atom. The predicted octanol–water partition coefficient (Wildman–Crippen LogP) is 4.91. The molecule has 0 saturated carbocycles. The molecule has 198 valence electrons. The van der Waals surface area contributed by atoms with Crippen molar-refractivity contribution in [3.63, 3.8) is 0 Å². The van der Waals surface area contributed by atoms with Crippen molar-refractivity contribution in [3.05, 3.63) is 29.8 Å². The fourth-order valence-electron chi connectivity index (χ4n) is 3.69. The fourth-order valence-corrected chi connectivity index (χ4v) is 3.69. The number of carbonyl (C=O) groups excluding carboxylic acids is 3. The van der Waals surface area contributed by atoms with Crippen molar-refractivity contribution in [2.24, 2.45) is 5.92 Å². The second-order valence-electron chi connectivity index (χ2n) is 11.6. The molecule has 0 fully saturated rings. The minimum absolute atomic E-state index is 0.00165. The molecule has 0 bridgehead atoms. The zero-order chi connectivity index (χ0) is 27.1. The van der Waals surface area contributed by atoms with Gasteiger partial charge in [-0.1, -0.05) is 32.9 Å². The van der Waals surface area contributed by atoms with Gasteiger partial charge in [0.2, 0.25) is 11.8 Å². The summed E-state index contributed by atoms with van der Waals surface area (Å²) in [5, 5.41) is 15.9. The van der Waals surface area contributed by atoms with Crippen molar-refractivity contribution in [1.29, 1.82) is 0 Å². The van der Waals surface area contributed by atoms with E-state index in [1.165, 1.54) is 17.0 Å². The van der Waals surface area contributed by atoms with E-state index >= 15 is 0 Å². The average molecular weight is 492 g/mol. The Balaban J connectivity index is 3.56. The second-order valence-corrected chi connectivity index (χ2v) is 11.6. The maximum atomic E-state index is 14.1. The molecular formula is C27H45N3O5. The number of hydrogen-bond donors (Lipinski definition) is 3. The van der Waals surface area contributed by atoms with Crippen LogP contribution in [0.2, 0.25) is 0 Å². The van der Waals surface area contributed by atoms with Crippen LogP contribution in [0.25, 0.3) is 0 Å². The molecule has 0 heterocycles. The second kappa shape index (κ2) is 12.3. The van der Waals surface area contributed by atoms with E-state index in [0.717, 1.165) is 0 Å². The number of nitrogens with one attached hydrogen (secondary N) is 2. The lowest BCUT2D eigenvalue weighted by Gasteiger charge is -2.39. The summed E-state index contributed by atoms with van der Waals surface area (Å²) in [5.74, 6) is -0.646. The molecule has 0 aliphatic rings. The van der Waals surface area contributed by atoms with Crippen LogP contribution in [-0.2, 0) is 14.3 Å². The van der Waals surface area contributed by atoms with Gasteiger partial charge in [0.25, 0.3) is 0 Å². The molecule has 8 nitrogen and oxygen atoms in total. The molecule has 0 radical (unpaired) electrons. The zero-order valence-electron chi connectivity index (χ0n) is 23.1. The fraction of sp³-hybridized carbons (Fsp3) is 0.667. The van der Waals surface area contributed by atoms with Crippen molar-refractivity contribution >= 4 is 17.9 Å². The summed E-state index contributed by atoms with van der Waals surface area (Å²) in [6.07, 6.45) is 0.275. The van der Waals surface area contributed by atoms with Crippen LogP contribution in [0.1, 0.15) is 93.7 Å². The van der Waals surface area contributed by atoms with Crippen molar-refractivity contribution in [2.45, 2.75) is 111 Å². The first-order valence-electron chi connectivity index (χ1n) is 12.4. The molecule has 3 N–H and O–H groups in total. The Hall–Kier alpha value is -2.77. The van der Waals surface area contributed by atoms with E-state index in [1.807, 2.05) is 48.5 Å². The number of carbonyl (C=O) groups is 3. The van der Waals surface area contributed by atoms with Crippen LogP contribution in [0, 0.1) is 5.92 Å². The molecule has 0 aromatic heterocycles. The Morgan fingerprint density at radius 1 is 1.06 bits per heavy atom. The predicted molar refractivity (Wildman–Crippen MR) is 138 cm³/mol. The summed E-state index contributed by atoms with van der Waals surface area (Å²) in [5.41, 5.74) is -0.772. The van der Waals surface area contributed by atoms with E-state index in [-0.39, 0.29) is 29.5 Å². The summed E-state index contributed by atoms with van der Waals surface area (Å²) in [6, 6.07) is 4.16. The van der Waals surface area contributed by atoms with Gasteiger partial charge in [0.15, 0.2) is 0 Å². The minimum atomic E-state index is -1.00. The Kier molecular flexibility index (Phi) is 10.6. The molecular weight excluding hydrogens is 446 g/mol. The summed E-state index contributed by atoms with van der Waals surface area (Å²) in [7, 11) is 0. The summed E-state index contributed by atoms with van der Waals surface area (Å²) >= 11 is 0. The molecule has 1 aromatic rings. The van der Waals surface area contributed by atoms with Crippen molar-refractivity contribution < 1.29 is 24.2 Å². The van der Waals surface area contributed by atoms with Crippen LogP contribution in [0.4, 0.5) is 4.79 Å². The third kappa shape index (κ3) is 10.2. The van der Waals surface area contributed by atoms with Gasteiger partial charge in [-0.25, -0.2) is 4.79 Å². The van der Waals surface area contributed by atoms with E-state index in [4.69, 9.17) is 4.74 Å². The van der Waals surface area contributed by atoms with Crippen molar-refractivity contribution in [2.75, 3.05) is 0 Å². The number of alkyl carbamates (subject to hydrolysis) is 1. The number of phenols is 1. The van der Waals surface area contributed by atoms with Gasteiger partial charge >= 0.3 is 6.09 Å². The summed E-state index contributed by atoms with van der Waals surface area (Å²) in [4.78, 5) is 41.8. The standard InChI is InChI=1S/C27H45N3O5/c1-11-18(4)30(24(33)21(15-17(2)3)28-25(34)35-27(8,9)10)22(23(32)29-26(5,6)7)19-13-12-14-20(31)16-19/h12-14,16-18,21-22,31H,11,15H2,1-10H3,(H,28,34)(H,29,32). The summed E-state index contributed by atoms with van der Waals surface area (Å²) < 4.78 is 5.41. The quantitative estimate of drug-likeness (QED) is 0.455. The molecule has 0 saturated heterocycles. The van der Waals surface area contributed by atoms with Crippen LogP contribution in [0.15, 0.2) is 24.3 Å². The van der Waals surface area contributed by atoms with Crippen LogP contribution >= 0.6 is 0 Å². The van der Waals surface area contributed by atoms with Crippen molar-refractivity contribution in [3.8, 4) is 5.75 Å². The van der Waals surface area contributed by atoms with Gasteiger partial charge in [0.05, 0.1) is 0 Å². The number of phenolic OH excluding ortho intramolecular Hbond substituents is 1. The smallest absolute Gasteiger partial charge is 0.408 e. The van der Waals surface area contributed by atoms with Gasteiger partial charge in [-0.3, -0.25) is 9.59 Å². The van der Waals surface area contributed by atoms with Crippen LogP contribution < -0.4 is 10.6 Å². The molecule has 1 rings (SSSR count). The molecule has 1 aromatic carbocycles. The van der Waals surface area contributed by atoms with E-state index in [2.05, 4.69) is 10.6 Å². The molecule has 0 aliphatic heterocycles. The number of aromatic hydroxyl groups is 1. The van der Waals surface area contributed by atoms with E-state index < -0.39 is 29.3 Å². The Labute approximate surface area is 210 Å². The minimum Gasteiger partial charge on any atom is -0.508 e. The molecule has 35 heavy (non-hydrogen) atoms. The normalized spacial score (nSPS) is 14.6.